The van der Waals surface area contributed by atoms with Gasteiger partial charge in [0.1, 0.15) is 5.82 Å². The Balaban J connectivity index is 2.20. The van der Waals surface area contributed by atoms with Crippen molar-refractivity contribution in [3.63, 3.8) is 0 Å². The van der Waals surface area contributed by atoms with Crippen molar-refractivity contribution in [1.29, 1.82) is 0 Å². The maximum absolute atomic E-state index is 13.8. The number of carbonyl (C=O) groups excluding carboxylic acids is 2. The molecule has 0 spiro atoms. The van der Waals surface area contributed by atoms with E-state index in [1.807, 2.05) is 0 Å². The first-order valence-electron chi connectivity index (χ1n) is 7.38. The third-order valence-electron chi connectivity index (χ3n) is 3.80. The maximum Gasteiger partial charge on any atom is 0.248 e. The summed E-state index contributed by atoms with van der Waals surface area (Å²) in [5.41, 5.74) is 4.67. The van der Waals surface area contributed by atoms with Gasteiger partial charge in [-0.15, -0.1) is 0 Å². The predicted molar refractivity (Wildman–Crippen MR) is 88.9 cm³/mol. The predicted octanol–water partition coefficient (Wildman–Crippen LogP) is 2.47. The van der Waals surface area contributed by atoms with Gasteiger partial charge in [0, 0.05) is 16.8 Å². The van der Waals surface area contributed by atoms with E-state index in [1.165, 1.54) is 19.9 Å². The normalized spacial score (nSPS) is 13.2. The van der Waals surface area contributed by atoms with Crippen molar-refractivity contribution in [3.8, 4) is 0 Å². The molecule has 0 saturated carbocycles. The van der Waals surface area contributed by atoms with Crippen molar-refractivity contribution in [3.05, 3.63) is 65.0 Å². The highest BCUT2D eigenvalue weighted by molar-refractivity contribution is 5.97. The molecule has 4 N–H and O–H groups in total. The van der Waals surface area contributed by atoms with Crippen LogP contribution < -0.4 is 11.1 Å². The molecule has 1 unspecified atom stereocenters. The zero-order valence-corrected chi connectivity index (χ0v) is 13.5. The highest BCUT2D eigenvalue weighted by Gasteiger charge is 2.27. The molecule has 2 amide bonds. The van der Waals surface area contributed by atoms with Gasteiger partial charge < -0.3 is 16.2 Å². The van der Waals surface area contributed by atoms with Gasteiger partial charge in [0.15, 0.2) is 0 Å². The molecule has 0 saturated heterocycles. The molecule has 0 aromatic heterocycles. The molecule has 0 aliphatic rings. The van der Waals surface area contributed by atoms with Gasteiger partial charge in [-0.25, -0.2) is 4.39 Å². The number of nitrogens with one attached hydrogen (secondary N) is 1. The van der Waals surface area contributed by atoms with Gasteiger partial charge in [0.2, 0.25) is 11.8 Å². The van der Waals surface area contributed by atoms with Crippen molar-refractivity contribution < 1.29 is 19.1 Å². The van der Waals surface area contributed by atoms with Crippen LogP contribution in [-0.2, 0) is 10.4 Å². The Morgan fingerprint density at radius 1 is 1.25 bits per heavy atom. The van der Waals surface area contributed by atoms with Gasteiger partial charge in [0.05, 0.1) is 12.0 Å². The monoisotopic (exact) mass is 330 g/mol. The first kappa shape index (κ1) is 17.6. The zero-order valence-electron chi connectivity index (χ0n) is 13.5. The van der Waals surface area contributed by atoms with E-state index in [-0.39, 0.29) is 23.2 Å². The Morgan fingerprint density at radius 2 is 1.88 bits per heavy atom. The topological polar surface area (TPSA) is 92.4 Å². The lowest BCUT2D eigenvalue weighted by Gasteiger charge is -2.23. The molecule has 0 radical (unpaired) electrons. The van der Waals surface area contributed by atoms with Crippen molar-refractivity contribution >= 4 is 17.5 Å². The minimum absolute atomic E-state index is 0.0387. The van der Waals surface area contributed by atoms with Crippen molar-refractivity contribution in [1.82, 2.24) is 0 Å². The Kier molecular flexibility index (Phi) is 4.99. The molecule has 0 aliphatic carbocycles. The summed E-state index contributed by atoms with van der Waals surface area (Å²) in [6.45, 7) is 3.00. The average molecular weight is 330 g/mol. The first-order valence-corrected chi connectivity index (χ1v) is 7.38. The van der Waals surface area contributed by atoms with Gasteiger partial charge in [-0.05, 0) is 31.5 Å². The number of carbonyl (C=O) groups is 2. The van der Waals surface area contributed by atoms with Gasteiger partial charge in [-0.1, -0.05) is 30.3 Å². The van der Waals surface area contributed by atoms with Crippen LogP contribution in [0.25, 0.3) is 0 Å². The van der Waals surface area contributed by atoms with E-state index >= 15 is 0 Å². The van der Waals surface area contributed by atoms with Crippen molar-refractivity contribution in [2.75, 3.05) is 5.32 Å². The number of halogens is 1. The summed E-state index contributed by atoms with van der Waals surface area (Å²) in [4.78, 5) is 23.5. The summed E-state index contributed by atoms with van der Waals surface area (Å²) in [7, 11) is 0. The molecular formula is C18H19FN2O3. The van der Waals surface area contributed by atoms with Crippen LogP contribution in [0.3, 0.4) is 0 Å². The van der Waals surface area contributed by atoms with Gasteiger partial charge in [-0.2, -0.15) is 0 Å². The maximum atomic E-state index is 13.8. The Morgan fingerprint density at radius 3 is 2.46 bits per heavy atom. The number of hydrogen-bond donors (Lipinski definition) is 3. The van der Waals surface area contributed by atoms with E-state index in [4.69, 9.17) is 5.73 Å². The van der Waals surface area contributed by atoms with Crippen molar-refractivity contribution in [2.24, 2.45) is 5.73 Å². The molecule has 126 valence electrons. The molecule has 24 heavy (non-hydrogen) atoms. The van der Waals surface area contributed by atoms with Crippen LogP contribution in [0.4, 0.5) is 10.1 Å². The summed E-state index contributed by atoms with van der Waals surface area (Å²) >= 11 is 0. The minimum atomic E-state index is -1.38. The number of rotatable bonds is 5. The van der Waals surface area contributed by atoms with E-state index in [2.05, 4.69) is 5.32 Å². The molecule has 2 aromatic carbocycles. The number of anilines is 1. The van der Waals surface area contributed by atoms with Crippen LogP contribution >= 0.6 is 0 Å². The fraction of sp³-hybridized carbons (Fsp3) is 0.222. The van der Waals surface area contributed by atoms with Crippen LogP contribution in [0.5, 0.6) is 0 Å². The zero-order chi connectivity index (χ0) is 17.9. The average Bonchev–Trinajstić information content (AvgIpc) is 2.51. The van der Waals surface area contributed by atoms with Crippen LogP contribution in [0, 0.1) is 12.7 Å². The van der Waals surface area contributed by atoms with Crippen LogP contribution in [0.15, 0.2) is 42.5 Å². The summed E-state index contributed by atoms with van der Waals surface area (Å²) < 4.78 is 13.8. The summed E-state index contributed by atoms with van der Waals surface area (Å²) in [6, 6.07) is 11.1. The second kappa shape index (κ2) is 6.80. The quantitative estimate of drug-likeness (QED) is 0.786. The van der Waals surface area contributed by atoms with Crippen LogP contribution in [-0.4, -0.2) is 16.9 Å². The van der Waals surface area contributed by atoms with Gasteiger partial charge in [-0.3, -0.25) is 9.59 Å². The molecule has 6 heteroatoms. The van der Waals surface area contributed by atoms with E-state index in [9.17, 15) is 19.1 Å². The fourth-order valence-electron chi connectivity index (χ4n) is 2.36. The van der Waals surface area contributed by atoms with Crippen molar-refractivity contribution in [2.45, 2.75) is 25.9 Å². The van der Waals surface area contributed by atoms with Crippen LogP contribution in [0.2, 0.25) is 0 Å². The van der Waals surface area contributed by atoms with E-state index in [1.54, 1.807) is 30.3 Å². The lowest BCUT2D eigenvalue weighted by molar-refractivity contribution is -0.120. The molecular weight excluding hydrogens is 311 g/mol. The lowest BCUT2D eigenvalue weighted by atomic mass is 9.92. The first-order chi connectivity index (χ1) is 11.2. The van der Waals surface area contributed by atoms with E-state index in [0.717, 1.165) is 6.07 Å². The lowest BCUT2D eigenvalue weighted by Crippen LogP contribution is -2.28. The Bertz CT molecular complexity index is 773. The van der Waals surface area contributed by atoms with E-state index < -0.39 is 23.2 Å². The summed E-state index contributed by atoms with van der Waals surface area (Å²) in [6.07, 6.45) is -0.223. The molecule has 0 bridgehead atoms. The van der Waals surface area contributed by atoms with E-state index in [0.29, 0.717) is 5.56 Å². The summed E-state index contributed by atoms with van der Waals surface area (Å²) in [5, 5.41) is 13.0. The minimum Gasteiger partial charge on any atom is -0.385 e. The fourth-order valence-corrected chi connectivity index (χ4v) is 2.36. The molecule has 0 aliphatic heterocycles. The number of nitrogens with two attached hydrogens (primary N) is 1. The van der Waals surface area contributed by atoms with Gasteiger partial charge in [0.25, 0.3) is 0 Å². The molecule has 2 rings (SSSR count). The van der Waals surface area contributed by atoms with Crippen LogP contribution in [0.1, 0.15) is 34.8 Å². The Labute approximate surface area is 139 Å². The SMILES string of the molecule is Cc1c(F)cc(C(N)=O)cc1NC(=O)CC(C)(O)c1ccccc1. The molecule has 0 fully saturated rings. The smallest absolute Gasteiger partial charge is 0.248 e. The van der Waals surface area contributed by atoms with Gasteiger partial charge >= 0.3 is 0 Å². The molecule has 0 heterocycles. The second-order valence-electron chi connectivity index (χ2n) is 5.86. The highest BCUT2D eigenvalue weighted by Crippen LogP contribution is 2.26. The number of aliphatic hydroxyl groups is 1. The highest BCUT2D eigenvalue weighted by atomic mass is 19.1. The Hall–Kier alpha value is -2.73. The largest absolute Gasteiger partial charge is 0.385 e. The number of amides is 2. The summed E-state index contributed by atoms with van der Waals surface area (Å²) in [5.74, 6) is -1.94. The standard InChI is InChI=1S/C18H19FN2O3/c1-11-14(19)8-12(17(20)23)9-15(11)21-16(22)10-18(2,24)13-6-4-3-5-7-13/h3-9,24H,10H2,1-2H3,(H2,20,23)(H,21,22). The molecule has 5 nitrogen and oxygen atoms in total. The molecule has 2 aromatic rings. The third kappa shape index (κ3) is 3.97. The second-order valence-corrected chi connectivity index (χ2v) is 5.86. The number of hydrogen-bond acceptors (Lipinski definition) is 3. The third-order valence-corrected chi connectivity index (χ3v) is 3.80. The number of primary amides is 1. The molecule has 1 atom stereocenters. The number of benzene rings is 2.